The van der Waals surface area contributed by atoms with Gasteiger partial charge in [-0.3, -0.25) is 4.79 Å². The lowest BCUT2D eigenvalue weighted by Gasteiger charge is -2.12. The zero-order valence-corrected chi connectivity index (χ0v) is 20.1. The Morgan fingerprint density at radius 1 is 1.06 bits per heavy atom. The van der Waals surface area contributed by atoms with Gasteiger partial charge in [-0.2, -0.15) is 5.10 Å². The summed E-state index contributed by atoms with van der Waals surface area (Å²) in [5, 5.41) is 8.26. The van der Waals surface area contributed by atoms with Crippen LogP contribution in [0.2, 0.25) is 0 Å². The Kier molecular flexibility index (Phi) is 6.14. The van der Waals surface area contributed by atoms with E-state index >= 15 is 0 Å². The summed E-state index contributed by atoms with van der Waals surface area (Å²) in [5.74, 6) is 1.19. The number of hydrogen-bond acceptors (Lipinski definition) is 4. The van der Waals surface area contributed by atoms with Crippen LogP contribution in [0.25, 0.3) is 22.3 Å². The second-order valence-corrected chi connectivity index (χ2v) is 8.84. The first-order chi connectivity index (χ1) is 17.0. The first-order valence-electron chi connectivity index (χ1n) is 11.9. The van der Waals surface area contributed by atoms with Crippen molar-refractivity contribution >= 4 is 22.6 Å². The molecular weight excluding hydrogens is 436 g/mol. The summed E-state index contributed by atoms with van der Waals surface area (Å²) in [7, 11) is 0. The topological polar surface area (TPSA) is 77.6 Å². The van der Waals surface area contributed by atoms with Gasteiger partial charge in [-0.15, -0.1) is 0 Å². The van der Waals surface area contributed by atoms with Gasteiger partial charge in [0.05, 0.1) is 22.8 Å². The van der Waals surface area contributed by atoms with Gasteiger partial charge in [-0.1, -0.05) is 56.3 Å². The number of fused-ring (bicyclic) bond motifs is 1. The number of aromatic nitrogens is 5. The van der Waals surface area contributed by atoms with Crippen molar-refractivity contribution in [1.82, 2.24) is 24.3 Å². The van der Waals surface area contributed by atoms with E-state index in [0.717, 1.165) is 33.7 Å². The standard InChI is InChI=1S/C28H28N6O/c1-4-34-27-24(17-30-34)23(16-25(32-27)21-10-6-5-7-11-21)28(35)31-22-12-8-9-20(15-22)18-33-14-13-29-26(33)19(2)3/h5-17,19H,4,18H2,1-3H3,(H,31,35). The summed E-state index contributed by atoms with van der Waals surface area (Å²) < 4.78 is 3.96. The molecule has 1 N–H and O–H groups in total. The molecule has 3 aromatic heterocycles. The van der Waals surface area contributed by atoms with E-state index in [1.54, 1.807) is 6.20 Å². The largest absolute Gasteiger partial charge is 0.330 e. The average molecular weight is 465 g/mol. The van der Waals surface area contributed by atoms with E-state index in [2.05, 4.69) is 39.9 Å². The molecule has 176 valence electrons. The van der Waals surface area contributed by atoms with Crippen LogP contribution in [0.5, 0.6) is 0 Å². The molecule has 0 saturated heterocycles. The van der Waals surface area contributed by atoms with E-state index in [9.17, 15) is 4.79 Å². The monoisotopic (exact) mass is 464 g/mol. The van der Waals surface area contributed by atoms with Crippen molar-refractivity contribution in [3.63, 3.8) is 0 Å². The first-order valence-corrected chi connectivity index (χ1v) is 11.9. The van der Waals surface area contributed by atoms with Gasteiger partial charge < -0.3 is 9.88 Å². The highest BCUT2D eigenvalue weighted by Gasteiger charge is 2.18. The van der Waals surface area contributed by atoms with E-state index in [1.807, 2.05) is 78.6 Å². The quantitative estimate of drug-likeness (QED) is 0.333. The van der Waals surface area contributed by atoms with Gasteiger partial charge in [-0.25, -0.2) is 14.6 Å². The molecule has 0 spiro atoms. The van der Waals surface area contributed by atoms with Crippen LogP contribution in [-0.4, -0.2) is 30.2 Å². The number of imidazole rings is 1. The molecule has 0 radical (unpaired) electrons. The van der Waals surface area contributed by atoms with Crippen molar-refractivity contribution in [2.24, 2.45) is 0 Å². The van der Waals surface area contributed by atoms with Gasteiger partial charge in [0.25, 0.3) is 5.91 Å². The van der Waals surface area contributed by atoms with Gasteiger partial charge >= 0.3 is 0 Å². The van der Waals surface area contributed by atoms with Crippen LogP contribution in [0.15, 0.2) is 79.3 Å². The molecule has 7 heteroatoms. The number of anilines is 1. The molecule has 5 aromatic rings. The molecule has 0 saturated carbocycles. The molecule has 5 rings (SSSR count). The van der Waals surface area contributed by atoms with Gasteiger partial charge in [0.15, 0.2) is 5.65 Å². The third-order valence-electron chi connectivity index (χ3n) is 6.02. The molecule has 3 heterocycles. The summed E-state index contributed by atoms with van der Waals surface area (Å²) in [6, 6.07) is 19.7. The summed E-state index contributed by atoms with van der Waals surface area (Å²) >= 11 is 0. The molecule has 35 heavy (non-hydrogen) atoms. The van der Waals surface area contributed by atoms with E-state index in [1.165, 1.54) is 0 Å². The van der Waals surface area contributed by atoms with Crippen LogP contribution in [0.1, 0.15) is 48.4 Å². The van der Waals surface area contributed by atoms with Crippen LogP contribution >= 0.6 is 0 Å². The number of nitrogens with one attached hydrogen (secondary N) is 1. The Hall–Kier alpha value is -4.26. The number of aryl methyl sites for hydroxylation is 1. The average Bonchev–Trinajstić information content (AvgIpc) is 3.51. The number of carbonyl (C=O) groups is 1. The molecule has 0 aliphatic rings. The first kappa shape index (κ1) is 22.5. The number of benzene rings is 2. The van der Waals surface area contributed by atoms with E-state index in [0.29, 0.717) is 30.2 Å². The maximum absolute atomic E-state index is 13.5. The molecule has 0 fully saturated rings. The smallest absolute Gasteiger partial charge is 0.256 e. The molecule has 0 unspecified atom stereocenters. The number of hydrogen-bond donors (Lipinski definition) is 1. The number of amides is 1. The van der Waals surface area contributed by atoms with Crippen LogP contribution in [0.4, 0.5) is 5.69 Å². The SMILES string of the molecule is CCn1ncc2c(C(=O)Nc3cccc(Cn4ccnc4C(C)C)c3)cc(-c3ccccc3)nc21. The van der Waals surface area contributed by atoms with Gasteiger partial charge in [-0.05, 0) is 30.7 Å². The van der Waals surface area contributed by atoms with Crippen LogP contribution in [0, 0.1) is 0 Å². The molecule has 7 nitrogen and oxygen atoms in total. The lowest BCUT2D eigenvalue weighted by Crippen LogP contribution is -2.13. The van der Waals surface area contributed by atoms with Crippen LogP contribution in [-0.2, 0) is 13.1 Å². The Balaban J connectivity index is 1.46. The second kappa shape index (κ2) is 9.54. The summed E-state index contributed by atoms with van der Waals surface area (Å²) in [6.45, 7) is 7.65. The van der Waals surface area contributed by atoms with E-state index < -0.39 is 0 Å². The number of nitrogens with zero attached hydrogens (tertiary/aromatic N) is 5. The van der Waals surface area contributed by atoms with Crippen molar-refractivity contribution in [1.29, 1.82) is 0 Å². The highest BCUT2D eigenvalue weighted by atomic mass is 16.1. The summed E-state index contributed by atoms with van der Waals surface area (Å²) in [5.41, 5.74) is 4.79. The van der Waals surface area contributed by atoms with E-state index in [-0.39, 0.29) is 5.91 Å². The zero-order valence-electron chi connectivity index (χ0n) is 20.1. The highest BCUT2D eigenvalue weighted by Crippen LogP contribution is 2.26. The molecule has 2 aromatic carbocycles. The molecule has 1 amide bonds. The summed E-state index contributed by atoms with van der Waals surface area (Å²) in [4.78, 5) is 22.8. The van der Waals surface area contributed by atoms with E-state index in [4.69, 9.17) is 4.98 Å². The highest BCUT2D eigenvalue weighted by molar-refractivity contribution is 6.12. The molecule has 0 atom stereocenters. The molecule has 0 aliphatic carbocycles. The van der Waals surface area contributed by atoms with Crippen LogP contribution in [0.3, 0.4) is 0 Å². The lowest BCUT2D eigenvalue weighted by atomic mass is 10.1. The van der Waals surface area contributed by atoms with Crippen molar-refractivity contribution in [2.45, 2.75) is 39.8 Å². The fraction of sp³-hybridized carbons (Fsp3) is 0.214. The van der Waals surface area contributed by atoms with Crippen molar-refractivity contribution < 1.29 is 4.79 Å². The van der Waals surface area contributed by atoms with Gasteiger partial charge in [0.1, 0.15) is 5.82 Å². The van der Waals surface area contributed by atoms with Crippen molar-refractivity contribution in [3.8, 4) is 11.3 Å². The Morgan fingerprint density at radius 3 is 2.66 bits per heavy atom. The second-order valence-electron chi connectivity index (χ2n) is 8.84. The predicted octanol–water partition coefficient (Wildman–Crippen LogP) is 5.74. The van der Waals surface area contributed by atoms with Gasteiger partial charge in [0.2, 0.25) is 0 Å². The predicted molar refractivity (Wildman–Crippen MR) is 138 cm³/mol. The molecule has 0 bridgehead atoms. The fourth-order valence-electron chi connectivity index (χ4n) is 4.32. The third kappa shape index (κ3) is 4.57. The number of rotatable bonds is 7. The Morgan fingerprint density at radius 2 is 1.89 bits per heavy atom. The van der Waals surface area contributed by atoms with Gasteiger partial charge in [0, 0.05) is 42.7 Å². The minimum atomic E-state index is -0.187. The fourth-order valence-corrected chi connectivity index (χ4v) is 4.32. The summed E-state index contributed by atoms with van der Waals surface area (Å²) in [6.07, 6.45) is 5.54. The zero-order chi connectivity index (χ0) is 24.4. The Bertz CT molecular complexity index is 1480. The maximum atomic E-state index is 13.5. The minimum Gasteiger partial charge on any atom is -0.330 e. The lowest BCUT2D eigenvalue weighted by molar-refractivity contribution is 0.102. The normalized spacial score (nSPS) is 11.3. The number of carbonyl (C=O) groups excluding carboxylic acids is 1. The number of pyridine rings is 1. The molecular formula is C28H28N6O. The Labute approximate surface area is 204 Å². The molecule has 0 aliphatic heterocycles. The maximum Gasteiger partial charge on any atom is 0.256 e. The third-order valence-corrected chi connectivity index (χ3v) is 6.02. The minimum absolute atomic E-state index is 0.187. The van der Waals surface area contributed by atoms with Crippen molar-refractivity contribution in [3.05, 3.63) is 96.2 Å². The van der Waals surface area contributed by atoms with Crippen molar-refractivity contribution in [2.75, 3.05) is 5.32 Å². The van der Waals surface area contributed by atoms with Crippen LogP contribution < -0.4 is 5.32 Å².